The van der Waals surface area contributed by atoms with Crippen molar-refractivity contribution >= 4 is 11.6 Å². The predicted molar refractivity (Wildman–Crippen MR) is 79.4 cm³/mol. The third-order valence-electron chi connectivity index (χ3n) is 3.40. The van der Waals surface area contributed by atoms with Crippen molar-refractivity contribution in [2.75, 3.05) is 0 Å². The van der Waals surface area contributed by atoms with Crippen LogP contribution in [0.5, 0.6) is 0 Å². The quantitative estimate of drug-likeness (QED) is 0.926. The molecule has 0 saturated carbocycles. The maximum Gasteiger partial charge on any atom is 0.131 e. The van der Waals surface area contributed by atoms with Gasteiger partial charge in [0, 0.05) is 25.2 Å². The second-order valence-corrected chi connectivity index (χ2v) is 5.35. The van der Waals surface area contributed by atoms with Crippen molar-refractivity contribution in [1.82, 2.24) is 15.1 Å². The van der Waals surface area contributed by atoms with E-state index in [1.807, 2.05) is 14.0 Å². The highest BCUT2D eigenvalue weighted by Gasteiger charge is 2.12. The maximum absolute atomic E-state index is 6.23. The van der Waals surface area contributed by atoms with Crippen LogP contribution in [0.15, 0.2) is 24.3 Å². The summed E-state index contributed by atoms with van der Waals surface area (Å²) in [5.41, 5.74) is 4.62. The number of nitrogens with zero attached hydrogens (tertiary/aromatic N) is 2. The molecule has 2 rings (SSSR count). The Labute approximate surface area is 119 Å². The minimum absolute atomic E-state index is 0.288. The van der Waals surface area contributed by atoms with Crippen LogP contribution in [0.1, 0.15) is 35.3 Å². The molecule has 1 aromatic heterocycles. The molecule has 0 aliphatic rings. The minimum Gasteiger partial charge on any atom is -0.306 e. The molecule has 0 aliphatic carbocycles. The number of hydrogen-bond acceptors (Lipinski definition) is 2. The fourth-order valence-corrected chi connectivity index (χ4v) is 2.43. The van der Waals surface area contributed by atoms with E-state index in [9.17, 15) is 0 Å². The molecule has 1 atom stereocenters. The maximum atomic E-state index is 6.23. The average Bonchev–Trinajstić information content (AvgIpc) is 2.61. The van der Waals surface area contributed by atoms with E-state index in [0.29, 0.717) is 5.15 Å². The Morgan fingerprint density at radius 1 is 1.37 bits per heavy atom. The van der Waals surface area contributed by atoms with Crippen LogP contribution in [0.25, 0.3) is 0 Å². The SMILES string of the molecule is Cc1cccc([C@@H](C)NCc2c(C)nn(C)c2Cl)c1. The molecule has 2 aromatic rings. The first kappa shape index (κ1) is 14.1. The van der Waals surface area contributed by atoms with Gasteiger partial charge in [-0.15, -0.1) is 0 Å². The summed E-state index contributed by atoms with van der Waals surface area (Å²) in [6, 6.07) is 8.83. The Morgan fingerprint density at radius 2 is 2.11 bits per heavy atom. The molecule has 0 radical (unpaired) electrons. The van der Waals surface area contributed by atoms with Gasteiger partial charge in [0.25, 0.3) is 0 Å². The average molecular weight is 278 g/mol. The largest absolute Gasteiger partial charge is 0.306 e. The van der Waals surface area contributed by atoms with E-state index in [2.05, 4.69) is 48.5 Å². The lowest BCUT2D eigenvalue weighted by molar-refractivity contribution is 0.573. The standard InChI is InChI=1S/C15H20ClN3/c1-10-6-5-7-13(8-10)11(2)17-9-14-12(3)18-19(4)15(14)16/h5-8,11,17H,9H2,1-4H3/t11-/m1/s1. The van der Waals surface area contributed by atoms with E-state index in [1.54, 1.807) is 4.68 Å². The summed E-state index contributed by atoms with van der Waals surface area (Å²) in [5.74, 6) is 0. The van der Waals surface area contributed by atoms with Crippen molar-refractivity contribution in [1.29, 1.82) is 0 Å². The first-order chi connectivity index (χ1) is 8.99. The van der Waals surface area contributed by atoms with Gasteiger partial charge in [0.2, 0.25) is 0 Å². The number of halogens is 1. The number of aromatic nitrogens is 2. The topological polar surface area (TPSA) is 29.9 Å². The van der Waals surface area contributed by atoms with E-state index in [-0.39, 0.29) is 6.04 Å². The van der Waals surface area contributed by atoms with Crippen LogP contribution >= 0.6 is 11.6 Å². The zero-order valence-corrected chi connectivity index (χ0v) is 12.6. The molecule has 3 nitrogen and oxygen atoms in total. The Balaban J connectivity index is 2.06. The van der Waals surface area contributed by atoms with Gasteiger partial charge in [-0.3, -0.25) is 4.68 Å². The van der Waals surface area contributed by atoms with Crippen LogP contribution in [0.2, 0.25) is 5.15 Å². The summed E-state index contributed by atoms with van der Waals surface area (Å²) in [7, 11) is 1.86. The molecule has 0 amide bonds. The summed E-state index contributed by atoms with van der Waals surface area (Å²) in [5, 5.41) is 8.53. The molecular formula is C15H20ClN3. The molecule has 1 heterocycles. The van der Waals surface area contributed by atoms with Gasteiger partial charge >= 0.3 is 0 Å². The van der Waals surface area contributed by atoms with Crippen molar-refractivity contribution in [2.24, 2.45) is 7.05 Å². The van der Waals surface area contributed by atoms with E-state index in [4.69, 9.17) is 11.6 Å². The van der Waals surface area contributed by atoms with Crippen molar-refractivity contribution in [3.8, 4) is 0 Å². The molecule has 0 bridgehead atoms. The van der Waals surface area contributed by atoms with Crippen LogP contribution in [-0.2, 0) is 13.6 Å². The summed E-state index contributed by atoms with van der Waals surface area (Å²) in [6.45, 7) is 6.99. The zero-order chi connectivity index (χ0) is 14.0. The second kappa shape index (κ2) is 5.76. The third kappa shape index (κ3) is 3.17. The van der Waals surface area contributed by atoms with Gasteiger partial charge in [-0.05, 0) is 26.3 Å². The van der Waals surface area contributed by atoms with Gasteiger partial charge in [0.05, 0.1) is 5.69 Å². The van der Waals surface area contributed by atoms with Crippen LogP contribution in [0.3, 0.4) is 0 Å². The number of benzene rings is 1. The molecule has 0 aliphatic heterocycles. The molecule has 1 N–H and O–H groups in total. The van der Waals surface area contributed by atoms with E-state index in [1.165, 1.54) is 11.1 Å². The number of nitrogens with one attached hydrogen (secondary N) is 1. The summed E-state index contributed by atoms with van der Waals surface area (Å²) < 4.78 is 1.71. The van der Waals surface area contributed by atoms with Crippen molar-refractivity contribution in [2.45, 2.75) is 33.4 Å². The molecule has 4 heteroatoms. The lowest BCUT2D eigenvalue weighted by Gasteiger charge is -2.14. The Morgan fingerprint density at radius 3 is 2.68 bits per heavy atom. The van der Waals surface area contributed by atoms with Gasteiger partial charge in [-0.1, -0.05) is 41.4 Å². The molecule has 1 aromatic carbocycles. The first-order valence-corrected chi connectivity index (χ1v) is 6.84. The highest BCUT2D eigenvalue weighted by molar-refractivity contribution is 6.30. The summed E-state index contributed by atoms with van der Waals surface area (Å²) >= 11 is 6.23. The van der Waals surface area contributed by atoms with Crippen LogP contribution in [0, 0.1) is 13.8 Å². The lowest BCUT2D eigenvalue weighted by atomic mass is 10.1. The minimum atomic E-state index is 0.288. The highest BCUT2D eigenvalue weighted by atomic mass is 35.5. The predicted octanol–water partition coefficient (Wildman–Crippen LogP) is 3.54. The van der Waals surface area contributed by atoms with Crippen molar-refractivity contribution < 1.29 is 0 Å². The summed E-state index contributed by atoms with van der Waals surface area (Å²) in [6.07, 6.45) is 0. The monoisotopic (exact) mass is 277 g/mol. The summed E-state index contributed by atoms with van der Waals surface area (Å²) in [4.78, 5) is 0. The van der Waals surface area contributed by atoms with Gasteiger partial charge in [0.15, 0.2) is 0 Å². The fraction of sp³-hybridized carbons (Fsp3) is 0.400. The Hall–Kier alpha value is -1.32. The van der Waals surface area contributed by atoms with E-state index in [0.717, 1.165) is 17.8 Å². The second-order valence-electron chi connectivity index (χ2n) is 5.00. The first-order valence-electron chi connectivity index (χ1n) is 6.47. The normalized spacial score (nSPS) is 12.7. The highest BCUT2D eigenvalue weighted by Crippen LogP contribution is 2.20. The van der Waals surface area contributed by atoms with Crippen molar-refractivity contribution in [3.63, 3.8) is 0 Å². The molecular weight excluding hydrogens is 258 g/mol. The molecule has 19 heavy (non-hydrogen) atoms. The van der Waals surface area contributed by atoms with Gasteiger partial charge in [-0.2, -0.15) is 5.10 Å². The molecule has 0 spiro atoms. The van der Waals surface area contributed by atoms with Gasteiger partial charge < -0.3 is 5.32 Å². The van der Waals surface area contributed by atoms with Crippen LogP contribution < -0.4 is 5.32 Å². The van der Waals surface area contributed by atoms with Gasteiger partial charge in [-0.25, -0.2) is 0 Å². The fourth-order valence-electron chi connectivity index (χ4n) is 2.19. The third-order valence-corrected chi connectivity index (χ3v) is 3.87. The van der Waals surface area contributed by atoms with Crippen molar-refractivity contribution in [3.05, 3.63) is 51.8 Å². The lowest BCUT2D eigenvalue weighted by Crippen LogP contribution is -2.18. The number of hydrogen-bond donors (Lipinski definition) is 1. The van der Waals surface area contributed by atoms with Crippen LogP contribution in [-0.4, -0.2) is 9.78 Å². The van der Waals surface area contributed by atoms with E-state index < -0.39 is 0 Å². The Bertz CT molecular complexity index is 575. The zero-order valence-electron chi connectivity index (χ0n) is 11.9. The van der Waals surface area contributed by atoms with Gasteiger partial charge in [0.1, 0.15) is 5.15 Å². The Kier molecular flexibility index (Phi) is 4.27. The van der Waals surface area contributed by atoms with E-state index >= 15 is 0 Å². The molecule has 0 fully saturated rings. The number of rotatable bonds is 4. The van der Waals surface area contributed by atoms with Crippen LogP contribution in [0.4, 0.5) is 0 Å². The smallest absolute Gasteiger partial charge is 0.131 e. The molecule has 0 saturated heterocycles. The number of aryl methyl sites for hydroxylation is 3. The molecule has 102 valence electrons. The molecule has 0 unspecified atom stereocenters.